The summed E-state index contributed by atoms with van der Waals surface area (Å²) in [6, 6.07) is 11.2. The van der Waals surface area contributed by atoms with E-state index in [0.717, 1.165) is 24.8 Å². The molecule has 5 rings (SSSR count). The lowest BCUT2D eigenvalue weighted by molar-refractivity contribution is -0.125. The molecule has 0 saturated carbocycles. The molecular formula is C18H13N3O3S3. The number of thiazole rings is 2. The number of hydrogen-bond acceptors (Lipinski definition) is 8. The maximum Gasteiger partial charge on any atom is 0.270 e. The first-order valence-corrected chi connectivity index (χ1v) is 11.0. The summed E-state index contributed by atoms with van der Waals surface area (Å²) in [5, 5.41) is 3.41. The fourth-order valence-electron chi connectivity index (χ4n) is 2.83. The molecule has 2 aromatic heterocycles. The third-order valence-corrected chi connectivity index (χ3v) is 7.31. The van der Waals surface area contributed by atoms with E-state index in [4.69, 9.17) is 9.47 Å². The van der Waals surface area contributed by atoms with E-state index < -0.39 is 6.10 Å². The molecule has 0 aliphatic carbocycles. The Hall–Kier alpha value is -2.36. The SMILES string of the molecule is CSc1nc2ccc3nc(NC(=O)[C@@H]4COc5ccccc5O4)sc3c2s1. The van der Waals surface area contributed by atoms with Gasteiger partial charge in [-0.25, -0.2) is 9.97 Å². The minimum absolute atomic E-state index is 0.171. The summed E-state index contributed by atoms with van der Waals surface area (Å²) in [4.78, 5) is 21.7. The van der Waals surface area contributed by atoms with Crippen LogP contribution in [0, 0.1) is 0 Å². The van der Waals surface area contributed by atoms with Gasteiger partial charge in [-0.15, -0.1) is 11.3 Å². The maximum atomic E-state index is 12.6. The second kappa shape index (κ2) is 6.66. The number of para-hydroxylation sites is 2. The first-order chi connectivity index (χ1) is 13.2. The van der Waals surface area contributed by atoms with E-state index in [0.29, 0.717) is 16.6 Å². The molecule has 0 fully saturated rings. The van der Waals surface area contributed by atoms with Gasteiger partial charge in [0, 0.05) is 0 Å². The number of carbonyl (C=O) groups excluding carboxylic acids is 1. The summed E-state index contributed by atoms with van der Waals surface area (Å²) in [5.41, 5.74) is 1.81. The average molecular weight is 416 g/mol. The summed E-state index contributed by atoms with van der Waals surface area (Å²) in [6.45, 7) is 0.171. The molecule has 9 heteroatoms. The summed E-state index contributed by atoms with van der Waals surface area (Å²) in [5.74, 6) is 0.955. The van der Waals surface area contributed by atoms with Crippen LogP contribution < -0.4 is 14.8 Å². The van der Waals surface area contributed by atoms with Crippen LogP contribution in [0.5, 0.6) is 11.5 Å². The number of anilines is 1. The van der Waals surface area contributed by atoms with Crippen LogP contribution in [0.4, 0.5) is 5.13 Å². The lowest BCUT2D eigenvalue weighted by atomic mass is 10.2. The van der Waals surface area contributed by atoms with Crippen LogP contribution in [-0.2, 0) is 4.79 Å². The van der Waals surface area contributed by atoms with Gasteiger partial charge >= 0.3 is 0 Å². The molecule has 27 heavy (non-hydrogen) atoms. The van der Waals surface area contributed by atoms with Crippen LogP contribution in [0.2, 0.25) is 0 Å². The maximum absolute atomic E-state index is 12.6. The van der Waals surface area contributed by atoms with E-state index in [-0.39, 0.29) is 12.5 Å². The van der Waals surface area contributed by atoms with Crippen molar-refractivity contribution < 1.29 is 14.3 Å². The van der Waals surface area contributed by atoms with Gasteiger partial charge in [0.2, 0.25) is 6.10 Å². The Morgan fingerprint density at radius 2 is 1.85 bits per heavy atom. The quantitative estimate of drug-likeness (QED) is 0.500. The molecule has 2 aromatic carbocycles. The zero-order chi connectivity index (χ0) is 18.4. The van der Waals surface area contributed by atoms with E-state index >= 15 is 0 Å². The van der Waals surface area contributed by atoms with Crippen molar-refractivity contribution in [2.75, 3.05) is 18.2 Å². The van der Waals surface area contributed by atoms with Gasteiger partial charge in [-0.2, -0.15) is 0 Å². The van der Waals surface area contributed by atoms with Gasteiger partial charge in [0.15, 0.2) is 21.0 Å². The molecule has 0 saturated heterocycles. The van der Waals surface area contributed by atoms with Crippen LogP contribution in [0.3, 0.4) is 0 Å². The molecular weight excluding hydrogens is 402 g/mol. The van der Waals surface area contributed by atoms with Crippen LogP contribution in [0.25, 0.3) is 20.4 Å². The number of fused-ring (bicyclic) bond motifs is 4. The summed E-state index contributed by atoms with van der Waals surface area (Å²) >= 11 is 4.72. The first kappa shape index (κ1) is 16.8. The second-order valence-corrected chi connectivity index (χ2v) is 8.87. The number of ether oxygens (including phenoxy) is 2. The highest BCUT2D eigenvalue weighted by molar-refractivity contribution is 8.00. The molecule has 6 nitrogen and oxygen atoms in total. The Bertz CT molecular complexity index is 1170. The lowest BCUT2D eigenvalue weighted by Gasteiger charge is -2.25. The number of benzene rings is 2. The normalized spacial score (nSPS) is 16.0. The summed E-state index contributed by atoms with van der Waals surface area (Å²) in [7, 11) is 0. The number of thioether (sulfide) groups is 1. The van der Waals surface area contributed by atoms with Crippen LogP contribution in [-0.4, -0.2) is 34.8 Å². The molecule has 0 bridgehead atoms. The highest BCUT2D eigenvalue weighted by Gasteiger charge is 2.28. The Labute approximate surface area is 166 Å². The lowest BCUT2D eigenvalue weighted by Crippen LogP contribution is -2.40. The minimum atomic E-state index is -0.710. The fraction of sp³-hybridized carbons (Fsp3) is 0.167. The highest BCUT2D eigenvalue weighted by Crippen LogP contribution is 2.38. The van der Waals surface area contributed by atoms with Crippen molar-refractivity contribution in [1.82, 2.24) is 9.97 Å². The van der Waals surface area contributed by atoms with E-state index in [9.17, 15) is 4.79 Å². The molecule has 136 valence electrons. The van der Waals surface area contributed by atoms with Crippen molar-refractivity contribution in [2.45, 2.75) is 10.4 Å². The molecule has 4 aromatic rings. The minimum Gasteiger partial charge on any atom is -0.485 e. The Kier molecular flexibility index (Phi) is 4.14. The number of carbonyl (C=O) groups is 1. The van der Waals surface area contributed by atoms with Crippen LogP contribution in [0.1, 0.15) is 0 Å². The second-order valence-electron chi connectivity index (χ2n) is 5.82. The first-order valence-electron chi connectivity index (χ1n) is 8.15. The number of rotatable bonds is 3. The molecule has 1 atom stereocenters. The van der Waals surface area contributed by atoms with Gasteiger partial charge < -0.3 is 9.47 Å². The van der Waals surface area contributed by atoms with Gasteiger partial charge in [0.05, 0.1) is 20.4 Å². The van der Waals surface area contributed by atoms with Gasteiger partial charge in [-0.1, -0.05) is 35.2 Å². The number of nitrogens with one attached hydrogen (secondary N) is 1. The van der Waals surface area contributed by atoms with Crippen molar-refractivity contribution in [2.24, 2.45) is 0 Å². The third-order valence-electron chi connectivity index (χ3n) is 4.10. The van der Waals surface area contributed by atoms with Gasteiger partial charge in [-0.3, -0.25) is 10.1 Å². The van der Waals surface area contributed by atoms with E-state index in [1.54, 1.807) is 29.2 Å². The van der Waals surface area contributed by atoms with Crippen molar-refractivity contribution >= 4 is 65.9 Å². The summed E-state index contributed by atoms with van der Waals surface area (Å²) in [6.07, 6.45) is 1.30. The highest BCUT2D eigenvalue weighted by atomic mass is 32.2. The Morgan fingerprint density at radius 1 is 1.11 bits per heavy atom. The van der Waals surface area contributed by atoms with Crippen LogP contribution >= 0.6 is 34.4 Å². The topological polar surface area (TPSA) is 73.3 Å². The molecule has 0 radical (unpaired) electrons. The molecule has 1 N–H and O–H groups in total. The molecule has 1 aliphatic heterocycles. The predicted octanol–water partition coefficient (Wildman–Crippen LogP) is 4.41. The number of nitrogens with zero attached hydrogens (tertiary/aromatic N) is 2. The van der Waals surface area contributed by atoms with Crippen LogP contribution in [0.15, 0.2) is 40.7 Å². The van der Waals surface area contributed by atoms with Gasteiger partial charge in [0.25, 0.3) is 5.91 Å². The zero-order valence-corrected chi connectivity index (χ0v) is 16.5. The van der Waals surface area contributed by atoms with E-state index in [1.807, 2.05) is 36.6 Å². The standard InChI is InChI=1S/C18H13N3O3S3/c1-25-18-20-10-7-6-9-14(15(10)27-18)26-17(19-9)21-16(22)13-8-23-11-4-2-3-5-12(11)24-13/h2-7,13H,8H2,1H3,(H,19,21,22)/t13-/m0/s1. The monoisotopic (exact) mass is 415 g/mol. The Morgan fingerprint density at radius 3 is 2.67 bits per heavy atom. The number of amides is 1. The van der Waals surface area contributed by atoms with Crippen molar-refractivity contribution in [1.29, 1.82) is 0 Å². The summed E-state index contributed by atoms with van der Waals surface area (Å²) < 4.78 is 14.5. The average Bonchev–Trinajstić information content (AvgIpc) is 3.30. The van der Waals surface area contributed by atoms with E-state index in [1.165, 1.54) is 11.3 Å². The van der Waals surface area contributed by atoms with Crippen molar-refractivity contribution in [3.63, 3.8) is 0 Å². The molecule has 3 heterocycles. The predicted molar refractivity (Wildman–Crippen MR) is 110 cm³/mol. The zero-order valence-electron chi connectivity index (χ0n) is 14.1. The van der Waals surface area contributed by atoms with E-state index in [2.05, 4.69) is 15.3 Å². The van der Waals surface area contributed by atoms with Crippen molar-refractivity contribution in [3.05, 3.63) is 36.4 Å². The molecule has 0 spiro atoms. The van der Waals surface area contributed by atoms with Gasteiger partial charge in [0.1, 0.15) is 6.61 Å². The third kappa shape index (κ3) is 3.01. The molecule has 1 amide bonds. The number of aromatic nitrogens is 2. The Balaban J connectivity index is 1.40. The smallest absolute Gasteiger partial charge is 0.270 e. The van der Waals surface area contributed by atoms with Crippen molar-refractivity contribution in [3.8, 4) is 11.5 Å². The largest absolute Gasteiger partial charge is 0.485 e. The fourth-order valence-corrected chi connectivity index (χ4v) is 5.49. The number of hydrogen-bond donors (Lipinski definition) is 1. The van der Waals surface area contributed by atoms with Gasteiger partial charge in [-0.05, 0) is 30.5 Å². The molecule has 0 unspecified atom stereocenters. The molecule has 1 aliphatic rings.